The largest absolute Gasteiger partial charge is 0.327 e. The second-order valence-corrected chi connectivity index (χ2v) is 4.64. The molecule has 0 bridgehead atoms. The predicted molar refractivity (Wildman–Crippen MR) is 78.9 cm³/mol. The van der Waals surface area contributed by atoms with Crippen LogP contribution < -0.4 is 10.2 Å². The number of fused-ring (bicyclic) bond motifs is 1. The summed E-state index contributed by atoms with van der Waals surface area (Å²) in [5.41, 5.74) is 2.52. The smallest absolute Gasteiger partial charge is 0.272 e. The minimum atomic E-state index is -0.838. The number of hydrogen-bond acceptors (Lipinski definition) is 3. The lowest BCUT2D eigenvalue weighted by molar-refractivity contribution is -0.127. The van der Waals surface area contributed by atoms with Crippen molar-refractivity contribution in [3.63, 3.8) is 0 Å². The lowest BCUT2D eigenvalue weighted by Crippen LogP contribution is -2.47. The van der Waals surface area contributed by atoms with Crippen molar-refractivity contribution in [3.05, 3.63) is 29.8 Å². The molecule has 1 aliphatic heterocycles. The average Bonchev–Trinajstić information content (AvgIpc) is 2.56. The lowest BCUT2D eigenvalue weighted by Gasteiger charge is -2.23. The highest BCUT2D eigenvalue weighted by molar-refractivity contribution is 6.12. The number of rotatable bonds is 3. The molecule has 5 nitrogen and oxygen atoms in total. The summed E-state index contributed by atoms with van der Waals surface area (Å²) in [5, 5.41) is 2.67. The Labute approximate surface area is 118 Å². The summed E-state index contributed by atoms with van der Waals surface area (Å²) in [6.07, 6.45) is -0.507. The first-order valence-electron chi connectivity index (χ1n) is 6.83. The minimum absolute atomic E-state index is 0.179. The molecular formula is C15H19N3O2. The number of nitrogens with one attached hydrogen (secondary N) is 1. The lowest BCUT2D eigenvalue weighted by atomic mass is 10.1. The van der Waals surface area contributed by atoms with Crippen LogP contribution in [0.1, 0.15) is 32.8 Å². The summed E-state index contributed by atoms with van der Waals surface area (Å²) < 4.78 is 0. The van der Waals surface area contributed by atoms with Crippen LogP contribution in [0.3, 0.4) is 0 Å². The number of hydrogen-bond donors (Lipinski definition) is 1. The standard InChI is InChI=1S/C15H19N3O2/c1-4-13(19)17-14-15(20)18(5-2)12-9-7-6-8-11(12)10(3)16-14/h6-9,14H,4-5H2,1-3H3,(H,17,19). The van der Waals surface area contributed by atoms with E-state index in [1.54, 1.807) is 11.8 Å². The van der Waals surface area contributed by atoms with Crippen LogP contribution in [-0.2, 0) is 9.59 Å². The Bertz CT molecular complexity index is 566. The number of likely N-dealkylation sites (N-methyl/N-ethyl adjacent to an activating group) is 1. The molecule has 0 aromatic heterocycles. The summed E-state index contributed by atoms with van der Waals surface area (Å²) >= 11 is 0. The fourth-order valence-corrected chi connectivity index (χ4v) is 2.27. The monoisotopic (exact) mass is 273 g/mol. The molecule has 1 aliphatic rings. The summed E-state index contributed by atoms with van der Waals surface area (Å²) in [7, 11) is 0. The zero-order valence-corrected chi connectivity index (χ0v) is 12.0. The Kier molecular flexibility index (Phi) is 4.17. The normalized spacial score (nSPS) is 18.1. The molecule has 0 saturated carbocycles. The van der Waals surface area contributed by atoms with Gasteiger partial charge in [-0.15, -0.1) is 0 Å². The van der Waals surface area contributed by atoms with Crippen molar-refractivity contribution in [2.45, 2.75) is 33.4 Å². The summed E-state index contributed by atoms with van der Waals surface area (Å²) in [6, 6.07) is 7.65. The van der Waals surface area contributed by atoms with E-state index in [1.165, 1.54) is 0 Å². The molecule has 2 amide bonds. The number of carbonyl (C=O) groups is 2. The first-order chi connectivity index (χ1) is 9.58. The number of amides is 2. The molecule has 0 saturated heterocycles. The Morgan fingerprint density at radius 3 is 2.70 bits per heavy atom. The molecule has 20 heavy (non-hydrogen) atoms. The Hall–Kier alpha value is -2.17. The first kappa shape index (κ1) is 14.2. The molecule has 0 fully saturated rings. The van der Waals surface area contributed by atoms with Crippen molar-refractivity contribution in [1.82, 2.24) is 5.32 Å². The number of aliphatic imine (C=N–C) groups is 1. The molecule has 0 aliphatic carbocycles. The summed E-state index contributed by atoms with van der Waals surface area (Å²) in [4.78, 5) is 30.1. The zero-order valence-electron chi connectivity index (χ0n) is 12.0. The van der Waals surface area contributed by atoms with Gasteiger partial charge in [0.25, 0.3) is 5.91 Å². The van der Waals surface area contributed by atoms with Crippen LogP contribution >= 0.6 is 0 Å². The second kappa shape index (κ2) is 5.86. The molecule has 1 unspecified atom stereocenters. The number of nitrogens with zero attached hydrogens (tertiary/aromatic N) is 2. The summed E-state index contributed by atoms with van der Waals surface area (Å²) in [5.74, 6) is -0.375. The van der Waals surface area contributed by atoms with Gasteiger partial charge in [-0.1, -0.05) is 25.1 Å². The first-order valence-corrected chi connectivity index (χ1v) is 6.83. The predicted octanol–water partition coefficient (Wildman–Crippen LogP) is 1.71. The molecule has 5 heteroatoms. The molecule has 1 heterocycles. The van der Waals surface area contributed by atoms with E-state index in [1.807, 2.05) is 38.1 Å². The molecule has 0 spiro atoms. The fourth-order valence-electron chi connectivity index (χ4n) is 2.27. The van der Waals surface area contributed by atoms with Gasteiger partial charge in [0.15, 0.2) is 0 Å². The topological polar surface area (TPSA) is 61.8 Å². The van der Waals surface area contributed by atoms with Crippen LogP contribution in [0.5, 0.6) is 0 Å². The number of benzodiazepines with no additional fused rings is 1. The Morgan fingerprint density at radius 1 is 1.35 bits per heavy atom. The molecule has 1 N–H and O–H groups in total. The molecular weight excluding hydrogens is 254 g/mol. The van der Waals surface area contributed by atoms with Crippen molar-refractivity contribution in [1.29, 1.82) is 0 Å². The van der Waals surface area contributed by atoms with Gasteiger partial charge in [0.05, 0.1) is 5.69 Å². The highest BCUT2D eigenvalue weighted by Gasteiger charge is 2.30. The van der Waals surface area contributed by atoms with E-state index in [0.29, 0.717) is 13.0 Å². The number of anilines is 1. The Morgan fingerprint density at radius 2 is 2.05 bits per heavy atom. The Balaban J connectivity index is 2.45. The number of benzene rings is 1. The van der Waals surface area contributed by atoms with Crippen LogP contribution in [0.4, 0.5) is 5.69 Å². The molecule has 1 atom stereocenters. The minimum Gasteiger partial charge on any atom is -0.327 e. The van der Waals surface area contributed by atoms with Crippen LogP contribution in [0, 0.1) is 0 Å². The highest BCUT2D eigenvalue weighted by atomic mass is 16.2. The van der Waals surface area contributed by atoms with E-state index in [9.17, 15) is 9.59 Å². The molecule has 1 aromatic carbocycles. The van der Waals surface area contributed by atoms with E-state index in [4.69, 9.17) is 0 Å². The van der Waals surface area contributed by atoms with Gasteiger partial charge in [0, 0.05) is 24.2 Å². The van der Waals surface area contributed by atoms with E-state index in [0.717, 1.165) is 17.0 Å². The molecule has 106 valence electrons. The van der Waals surface area contributed by atoms with Crippen molar-refractivity contribution in [3.8, 4) is 0 Å². The number of carbonyl (C=O) groups excluding carboxylic acids is 2. The number of para-hydroxylation sites is 1. The second-order valence-electron chi connectivity index (χ2n) is 4.64. The van der Waals surface area contributed by atoms with Gasteiger partial charge >= 0.3 is 0 Å². The van der Waals surface area contributed by atoms with E-state index in [2.05, 4.69) is 10.3 Å². The van der Waals surface area contributed by atoms with Gasteiger partial charge in [-0.05, 0) is 19.9 Å². The summed E-state index contributed by atoms with van der Waals surface area (Å²) in [6.45, 7) is 6.06. The van der Waals surface area contributed by atoms with Gasteiger partial charge in [-0.2, -0.15) is 0 Å². The highest BCUT2D eigenvalue weighted by Crippen LogP contribution is 2.25. The van der Waals surface area contributed by atoms with E-state index in [-0.39, 0.29) is 11.8 Å². The van der Waals surface area contributed by atoms with Crippen molar-refractivity contribution >= 4 is 23.2 Å². The van der Waals surface area contributed by atoms with Crippen LogP contribution in [-0.4, -0.2) is 30.2 Å². The maximum atomic E-state index is 12.5. The third-order valence-corrected chi connectivity index (χ3v) is 3.34. The molecule has 1 aromatic rings. The van der Waals surface area contributed by atoms with Gasteiger partial charge in [0.2, 0.25) is 12.1 Å². The van der Waals surface area contributed by atoms with Crippen molar-refractivity contribution in [2.75, 3.05) is 11.4 Å². The van der Waals surface area contributed by atoms with Crippen LogP contribution in [0.2, 0.25) is 0 Å². The van der Waals surface area contributed by atoms with Crippen LogP contribution in [0.15, 0.2) is 29.3 Å². The maximum absolute atomic E-state index is 12.5. The average molecular weight is 273 g/mol. The molecule has 2 rings (SSSR count). The SMILES string of the molecule is CCC(=O)NC1N=C(C)c2ccccc2N(CC)C1=O. The van der Waals surface area contributed by atoms with Gasteiger partial charge < -0.3 is 10.2 Å². The third kappa shape index (κ3) is 2.57. The van der Waals surface area contributed by atoms with Gasteiger partial charge in [-0.3, -0.25) is 14.6 Å². The van der Waals surface area contributed by atoms with E-state index < -0.39 is 6.17 Å². The van der Waals surface area contributed by atoms with Crippen molar-refractivity contribution < 1.29 is 9.59 Å². The third-order valence-electron chi connectivity index (χ3n) is 3.34. The van der Waals surface area contributed by atoms with Crippen molar-refractivity contribution in [2.24, 2.45) is 4.99 Å². The van der Waals surface area contributed by atoms with Gasteiger partial charge in [0.1, 0.15) is 0 Å². The fraction of sp³-hybridized carbons (Fsp3) is 0.400. The van der Waals surface area contributed by atoms with Crippen LogP contribution in [0.25, 0.3) is 0 Å². The molecule has 0 radical (unpaired) electrons. The maximum Gasteiger partial charge on any atom is 0.272 e. The zero-order chi connectivity index (χ0) is 14.7. The quantitative estimate of drug-likeness (QED) is 0.911. The van der Waals surface area contributed by atoms with Gasteiger partial charge in [-0.25, -0.2) is 0 Å². The van der Waals surface area contributed by atoms with E-state index >= 15 is 0 Å².